The summed E-state index contributed by atoms with van der Waals surface area (Å²) >= 11 is 0. The first-order valence-electron chi connectivity index (χ1n) is 9.87. The monoisotopic (exact) mass is 362 g/mol. The summed E-state index contributed by atoms with van der Waals surface area (Å²) in [5.41, 5.74) is 3.90. The van der Waals surface area contributed by atoms with Crippen molar-refractivity contribution in [3.05, 3.63) is 90.6 Å². The molecule has 28 heavy (non-hydrogen) atoms. The molecule has 0 atom stereocenters. The molecule has 0 unspecified atom stereocenters. The van der Waals surface area contributed by atoms with Crippen LogP contribution in [0.4, 0.5) is 0 Å². The van der Waals surface area contributed by atoms with Crippen molar-refractivity contribution in [1.29, 1.82) is 0 Å². The number of rotatable bonds is 1. The molecular weight excluding hydrogens is 338 g/mol. The second kappa shape index (κ2) is 6.17. The quantitative estimate of drug-likeness (QED) is 0.287. The maximum absolute atomic E-state index is 3.50. The van der Waals surface area contributed by atoms with Crippen molar-refractivity contribution in [2.75, 3.05) is 0 Å². The number of aromatic amines is 1. The summed E-state index contributed by atoms with van der Waals surface area (Å²) < 4.78 is 0. The van der Waals surface area contributed by atoms with Gasteiger partial charge in [0.1, 0.15) is 0 Å². The minimum atomic E-state index is 0.137. The maximum Gasteiger partial charge on any atom is 0.218 e. The van der Waals surface area contributed by atoms with Crippen LogP contribution in [0.25, 0.3) is 43.6 Å². The molecule has 1 N–H and O–H groups in total. The molecule has 5 aromatic rings. The third kappa shape index (κ3) is 2.75. The SMILES string of the molecule is CC(C)(C)c1ccc2ccc3c(-c4ccc5ccccc5c4)[nH+]ccc3c2c1. The zero-order chi connectivity index (χ0) is 19.3. The van der Waals surface area contributed by atoms with Crippen LogP contribution in [0.2, 0.25) is 0 Å². The molecule has 0 aliphatic carbocycles. The average molecular weight is 362 g/mol. The van der Waals surface area contributed by atoms with Gasteiger partial charge >= 0.3 is 0 Å². The van der Waals surface area contributed by atoms with Gasteiger partial charge in [0, 0.05) is 17.0 Å². The lowest BCUT2D eigenvalue weighted by Crippen LogP contribution is -2.10. The molecule has 5 rings (SSSR count). The number of H-pyrrole nitrogens is 1. The summed E-state index contributed by atoms with van der Waals surface area (Å²) in [4.78, 5) is 3.50. The minimum Gasteiger partial charge on any atom is -0.211 e. The van der Waals surface area contributed by atoms with E-state index in [9.17, 15) is 0 Å². The second-order valence-corrected chi connectivity index (χ2v) is 8.63. The first-order valence-corrected chi connectivity index (χ1v) is 9.87. The van der Waals surface area contributed by atoms with Crippen LogP contribution in [-0.4, -0.2) is 0 Å². The van der Waals surface area contributed by atoms with E-state index in [4.69, 9.17) is 0 Å². The highest BCUT2D eigenvalue weighted by Crippen LogP contribution is 2.34. The number of aromatic nitrogens is 1. The molecule has 1 heterocycles. The molecule has 1 heteroatoms. The lowest BCUT2D eigenvalue weighted by molar-refractivity contribution is -0.362. The van der Waals surface area contributed by atoms with Gasteiger partial charge in [-0.15, -0.1) is 0 Å². The van der Waals surface area contributed by atoms with Gasteiger partial charge in [-0.1, -0.05) is 69.3 Å². The largest absolute Gasteiger partial charge is 0.218 e. The van der Waals surface area contributed by atoms with E-state index in [0.717, 1.165) is 0 Å². The molecular formula is C27H24N+. The van der Waals surface area contributed by atoms with Crippen LogP contribution in [0.15, 0.2) is 85.1 Å². The Bertz CT molecular complexity index is 1340. The number of hydrogen-bond acceptors (Lipinski definition) is 0. The number of benzene rings is 4. The summed E-state index contributed by atoms with van der Waals surface area (Å²) in [7, 11) is 0. The third-order valence-corrected chi connectivity index (χ3v) is 5.71. The minimum absolute atomic E-state index is 0.137. The van der Waals surface area contributed by atoms with E-state index in [-0.39, 0.29) is 5.41 Å². The van der Waals surface area contributed by atoms with Gasteiger partial charge in [0.15, 0.2) is 6.20 Å². The fourth-order valence-corrected chi connectivity index (χ4v) is 4.08. The fraction of sp³-hybridized carbons (Fsp3) is 0.148. The van der Waals surface area contributed by atoms with Gasteiger partial charge < -0.3 is 0 Å². The van der Waals surface area contributed by atoms with Crippen molar-refractivity contribution in [3.63, 3.8) is 0 Å². The highest BCUT2D eigenvalue weighted by Gasteiger charge is 2.17. The summed E-state index contributed by atoms with van der Waals surface area (Å²) in [6.07, 6.45) is 2.07. The van der Waals surface area contributed by atoms with Gasteiger partial charge in [-0.05, 0) is 56.8 Å². The lowest BCUT2D eigenvalue weighted by atomic mass is 9.85. The van der Waals surface area contributed by atoms with Gasteiger partial charge in [-0.2, -0.15) is 0 Å². The van der Waals surface area contributed by atoms with Crippen molar-refractivity contribution in [2.45, 2.75) is 26.2 Å². The first-order chi connectivity index (χ1) is 13.5. The van der Waals surface area contributed by atoms with Crippen molar-refractivity contribution in [3.8, 4) is 11.3 Å². The molecule has 0 saturated carbocycles. The molecule has 0 aliphatic rings. The molecule has 0 saturated heterocycles. The van der Waals surface area contributed by atoms with Gasteiger partial charge in [0.2, 0.25) is 5.69 Å². The number of hydrogen-bond donors (Lipinski definition) is 0. The summed E-state index contributed by atoms with van der Waals surface area (Å²) in [6, 6.07) is 28.8. The zero-order valence-corrected chi connectivity index (χ0v) is 16.6. The normalized spacial score (nSPS) is 12.1. The van der Waals surface area contributed by atoms with Gasteiger partial charge in [0.25, 0.3) is 0 Å². The van der Waals surface area contributed by atoms with E-state index in [1.54, 1.807) is 0 Å². The predicted octanol–water partition coefficient (Wildman–Crippen LogP) is 6.92. The lowest BCUT2D eigenvalue weighted by Gasteiger charge is -2.19. The Morgan fingerprint density at radius 3 is 2.18 bits per heavy atom. The smallest absolute Gasteiger partial charge is 0.211 e. The fourth-order valence-electron chi connectivity index (χ4n) is 4.08. The van der Waals surface area contributed by atoms with Crippen molar-refractivity contribution >= 4 is 32.3 Å². The molecule has 0 radical (unpaired) electrons. The Morgan fingerprint density at radius 2 is 1.36 bits per heavy atom. The molecule has 1 nitrogen and oxygen atoms in total. The van der Waals surface area contributed by atoms with Crippen LogP contribution in [-0.2, 0) is 5.41 Å². The van der Waals surface area contributed by atoms with Crippen LogP contribution >= 0.6 is 0 Å². The zero-order valence-electron chi connectivity index (χ0n) is 16.6. The highest BCUT2D eigenvalue weighted by atomic mass is 14.7. The Hall–Kier alpha value is -3.19. The molecule has 0 spiro atoms. The summed E-state index contributed by atoms with van der Waals surface area (Å²) in [6.45, 7) is 6.81. The van der Waals surface area contributed by atoms with Crippen molar-refractivity contribution < 1.29 is 4.98 Å². The van der Waals surface area contributed by atoms with E-state index in [1.807, 2.05) is 0 Å². The predicted molar refractivity (Wildman–Crippen MR) is 120 cm³/mol. The Balaban J connectivity index is 1.79. The highest BCUT2D eigenvalue weighted by molar-refractivity contribution is 6.11. The average Bonchev–Trinajstić information content (AvgIpc) is 2.71. The summed E-state index contributed by atoms with van der Waals surface area (Å²) in [5.74, 6) is 0. The van der Waals surface area contributed by atoms with E-state index in [0.29, 0.717) is 0 Å². The van der Waals surface area contributed by atoms with Crippen molar-refractivity contribution in [2.24, 2.45) is 0 Å². The van der Waals surface area contributed by atoms with Gasteiger partial charge in [-0.25, -0.2) is 4.98 Å². The van der Waals surface area contributed by atoms with E-state index in [2.05, 4.69) is 111 Å². The molecule has 0 fully saturated rings. The number of pyridine rings is 1. The number of nitrogens with one attached hydrogen (secondary N) is 1. The Kier molecular flexibility index (Phi) is 3.73. The molecule has 4 aromatic carbocycles. The van der Waals surface area contributed by atoms with E-state index in [1.165, 1.54) is 49.1 Å². The topological polar surface area (TPSA) is 14.1 Å². The molecule has 0 aliphatic heterocycles. The van der Waals surface area contributed by atoms with Gasteiger partial charge in [0.05, 0.1) is 5.39 Å². The van der Waals surface area contributed by atoms with Crippen LogP contribution in [0.1, 0.15) is 26.3 Å². The van der Waals surface area contributed by atoms with Crippen molar-refractivity contribution in [1.82, 2.24) is 0 Å². The Labute approximate surface area is 165 Å². The molecule has 136 valence electrons. The van der Waals surface area contributed by atoms with Crippen LogP contribution in [0, 0.1) is 0 Å². The van der Waals surface area contributed by atoms with E-state index < -0.39 is 0 Å². The Morgan fingerprint density at radius 1 is 0.607 bits per heavy atom. The third-order valence-electron chi connectivity index (χ3n) is 5.71. The molecule has 0 amide bonds. The van der Waals surface area contributed by atoms with Gasteiger partial charge in [-0.3, -0.25) is 0 Å². The molecule has 1 aromatic heterocycles. The van der Waals surface area contributed by atoms with Crippen LogP contribution in [0.3, 0.4) is 0 Å². The van der Waals surface area contributed by atoms with Crippen LogP contribution in [0.5, 0.6) is 0 Å². The summed E-state index contributed by atoms with van der Waals surface area (Å²) in [5, 5.41) is 7.70. The van der Waals surface area contributed by atoms with E-state index >= 15 is 0 Å². The molecule has 0 bridgehead atoms. The maximum atomic E-state index is 3.50. The standard InChI is InChI=1S/C27H23N/c1-27(2,3)22-12-10-19-11-13-24-23(25(19)17-22)14-15-28-26(24)21-9-8-18-6-4-5-7-20(18)16-21/h4-17H,1-3H3/p+1. The first kappa shape index (κ1) is 16.9. The van der Waals surface area contributed by atoms with Crippen LogP contribution < -0.4 is 4.98 Å². The number of fused-ring (bicyclic) bond motifs is 4. The second-order valence-electron chi connectivity index (χ2n) is 8.63.